The van der Waals surface area contributed by atoms with E-state index in [1.54, 1.807) is 48.5 Å². The molecule has 0 spiro atoms. The Morgan fingerprint density at radius 1 is 0.789 bits per heavy atom. The standard InChI is InChI=1S/C14H12N2O2.Na/c17-15-13(11-7-3-1-4-8-11)14(16-18)12-9-5-2-6-10-12;/h1-10,17-18H;/q;+1/p-1/b15-13+,16-14+;. The summed E-state index contributed by atoms with van der Waals surface area (Å²) in [7, 11) is 0. The van der Waals surface area contributed by atoms with Crippen molar-refractivity contribution in [3.05, 3.63) is 77.0 Å². The summed E-state index contributed by atoms with van der Waals surface area (Å²) in [6.45, 7) is 0. The molecule has 2 aromatic carbocycles. The van der Waals surface area contributed by atoms with Crippen molar-refractivity contribution in [2.24, 2.45) is 10.3 Å². The average molecular weight is 262 g/mol. The van der Waals surface area contributed by atoms with E-state index < -0.39 is 0 Å². The maximum Gasteiger partial charge on any atom is 1.00 e. The first kappa shape index (κ1) is 15.4. The molecule has 4 nitrogen and oxygen atoms in total. The van der Waals surface area contributed by atoms with Gasteiger partial charge in [-0.1, -0.05) is 65.8 Å². The van der Waals surface area contributed by atoms with Crippen molar-refractivity contribution < 1.29 is 34.8 Å². The van der Waals surface area contributed by atoms with Gasteiger partial charge in [0.1, 0.15) is 5.71 Å². The van der Waals surface area contributed by atoms with Crippen LogP contribution in [0.1, 0.15) is 11.1 Å². The number of hydrogen-bond acceptors (Lipinski definition) is 4. The van der Waals surface area contributed by atoms with Gasteiger partial charge in [0.25, 0.3) is 0 Å². The van der Waals surface area contributed by atoms with Gasteiger partial charge in [-0.25, -0.2) is 0 Å². The predicted octanol–water partition coefficient (Wildman–Crippen LogP) is -0.144. The van der Waals surface area contributed by atoms with Crippen LogP contribution in [0.3, 0.4) is 0 Å². The Morgan fingerprint density at radius 3 is 1.58 bits per heavy atom. The second kappa shape index (κ2) is 7.74. The molecule has 0 saturated carbocycles. The summed E-state index contributed by atoms with van der Waals surface area (Å²) in [4.78, 5) is 0. The molecule has 0 bridgehead atoms. The monoisotopic (exact) mass is 262 g/mol. The molecule has 0 unspecified atom stereocenters. The van der Waals surface area contributed by atoms with Crippen LogP contribution in [0.4, 0.5) is 0 Å². The molecule has 0 aliphatic rings. The maximum atomic E-state index is 11.0. The number of nitrogens with zero attached hydrogens (tertiary/aromatic N) is 2. The van der Waals surface area contributed by atoms with E-state index in [2.05, 4.69) is 10.3 Å². The quantitative estimate of drug-likeness (QED) is 0.362. The summed E-state index contributed by atoms with van der Waals surface area (Å²) in [5, 5.41) is 26.3. The molecular weight excluding hydrogens is 251 g/mol. The van der Waals surface area contributed by atoms with Gasteiger partial charge >= 0.3 is 29.6 Å². The Morgan fingerprint density at radius 2 is 1.21 bits per heavy atom. The fourth-order valence-corrected chi connectivity index (χ4v) is 1.67. The zero-order valence-electron chi connectivity index (χ0n) is 10.5. The van der Waals surface area contributed by atoms with Crippen molar-refractivity contribution >= 4 is 11.4 Å². The molecular formula is C14H11N2NaO2. The molecule has 5 heteroatoms. The van der Waals surface area contributed by atoms with Crippen molar-refractivity contribution in [2.75, 3.05) is 0 Å². The van der Waals surface area contributed by atoms with E-state index in [4.69, 9.17) is 5.21 Å². The first-order valence-electron chi connectivity index (χ1n) is 5.40. The van der Waals surface area contributed by atoms with E-state index in [0.717, 1.165) is 0 Å². The van der Waals surface area contributed by atoms with Crippen molar-refractivity contribution in [3.63, 3.8) is 0 Å². The first-order valence-corrected chi connectivity index (χ1v) is 5.40. The molecule has 0 aliphatic carbocycles. The van der Waals surface area contributed by atoms with Crippen LogP contribution in [-0.4, -0.2) is 16.6 Å². The van der Waals surface area contributed by atoms with Crippen LogP contribution in [0, 0.1) is 5.21 Å². The molecule has 0 aromatic heterocycles. The molecule has 0 fully saturated rings. The van der Waals surface area contributed by atoms with E-state index >= 15 is 0 Å². The van der Waals surface area contributed by atoms with E-state index in [1.165, 1.54) is 0 Å². The Balaban J connectivity index is 0.00000180. The summed E-state index contributed by atoms with van der Waals surface area (Å²) in [5.41, 5.74) is 1.53. The minimum Gasteiger partial charge on any atom is -0.791 e. The van der Waals surface area contributed by atoms with Gasteiger partial charge in [0.05, 0.1) is 5.71 Å². The molecule has 0 atom stereocenters. The van der Waals surface area contributed by atoms with Gasteiger partial charge in [-0.05, 0) is 0 Å². The number of hydrogen-bond donors (Lipinski definition) is 1. The SMILES string of the molecule is [Na+].[O-]/N=C(/C(=N/O)c1ccccc1)c1ccccc1. The summed E-state index contributed by atoms with van der Waals surface area (Å²) in [5.74, 6) is 0. The third kappa shape index (κ3) is 3.67. The molecule has 0 saturated heterocycles. The second-order valence-corrected chi connectivity index (χ2v) is 3.62. The Bertz CT molecular complexity index is 515. The van der Waals surface area contributed by atoms with Crippen LogP contribution >= 0.6 is 0 Å². The first-order chi connectivity index (χ1) is 8.86. The zero-order valence-corrected chi connectivity index (χ0v) is 12.5. The molecule has 0 amide bonds. The van der Waals surface area contributed by atoms with E-state index in [-0.39, 0.29) is 41.0 Å². The molecule has 2 rings (SSSR count). The van der Waals surface area contributed by atoms with Crippen LogP contribution in [0.5, 0.6) is 0 Å². The predicted molar refractivity (Wildman–Crippen MR) is 71.1 cm³/mol. The average Bonchev–Trinajstić information content (AvgIpc) is 2.46. The Kier molecular flexibility index (Phi) is 6.29. The van der Waals surface area contributed by atoms with Crippen molar-refractivity contribution in [3.8, 4) is 0 Å². The molecule has 90 valence electrons. The maximum absolute atomic E-state index is 11.0. The largest absolute Gasteiger partial charge is 1.00 e. The summed E-state index contributed by atoms with van der Waals surface area (Å²) >= 11 is 0. The summed E-state index contributed by atoms with van der Waals surface area (Å²) < 4.78 is 0. The molecule has 0 heterocycles. The van der Waals surface area contributed by atoms with E-state index in [0.29, 0.717) is 11.1 Å². The van der Waals surface area contributed by atoms with Gasteiger partial charge in [0.15, 0.2) is 0 Å². The normalized spacial score (nSPS) is 11.8. The number of rotatable bonds is 3. The fourth-order valence-electron chi connectivity index (χ4n) is 1.67. The molecule has 0 radical (unpaired) electrons. The van der Waals surface area contributed by atoms with Gasteiger partial charge < -0.3 is 15.6 Å². The molecule has 0 aliphatic heterocycles. The van der Waals surface area contributed by atoms with Crippen molar-refractivity contribution in [2.45, 2.75) is 0 Å². The zero-order chi connectivity index (χ0) is 12.8. The minimum absolute atomic E-state index is 0. The van der Waals surface area contributed by atoms with Gasteiger partial charge in [-0.2, -0.15) is 0 Å². The number of oxime groups is 1. The van der Waals surface area contributed by atoms with Gasteiger partial charge in [-0.3, -0.25) is 0 Å². The number of benzene rings is 2. The van der Waals surface area contributed by atoms with Crippen LogP contribution in [0.2, 0.25) is 0 Å². The topological polar surface area (TPSA) is 68.0 Å². The third-order valence-electron chi connectivity index (χ3n) is 2.51. The molecule has 2 aromatic rings. The van der Waals surface area contributed by atoms with Crippen LogP contribution in [0.15, 0.2) is 71.0 Å². The Labute approximate surface area is 133 Å². The molecule has 19 heavy (non-hydrogen) atoms. The van der Waals surface area contributed by atoms with Gasteiger partial charge in [0, 0.05) is 11.1 Å². The Hall–Kier alpha value is -1.62. The van der Waals surface area contributed by atoms with Gasteiger partial charge in [0.2, 0.25) is 0 Å². The van der Waals surface area contributed by atoms with Crippen molar-refractivity contribution in [1.29, 1.82) is 0 Å². The van der Waals surface area contributed by atoms with Crippen LogP contribution in [0.25, 0.3) is 0 Å². The minimum atomic E-state index is 0. The summed E-state index contributed by atoms with van der Waals surface area (Å²) in [6, 6.07) is 17.9. The second-order valence-electron chi connectivity index (χ2n) is 3.62. The van der Waals surface area contributed by atoms with Gasteiger partial charge in [-0.15, -0.1) is 0 Å². The summed E-state index contributed by atoms with van der Waals surface area (Å²) in [6.07, 6.45) is 0. The van der Waals surface area contributed by atoms with E-state index in [9.17, 15) is 5.21 Å². The van der Waals surface area contributed by atoms with E-state index in [1.807, 2.05) is 12.1 Å². The van der Waals surface area contributed by atoms with Crippen LogP contribution in [-0.2, 0) is 0 Å². The van der Waals surface area contributed by atoms with Crippen LogP contribution < -0.4 is 29.6 Å². The molecule has 1 N–H and O–H groups in total. The van der Waals surface area contributed by atoms with Crippen molar-refractivity contribution in [1.82, 2.24) is 0 Å². The fraction of sp³-hybridized carbons (Fsp3) is 0. The third-order valence-corrected chi connectivity index (χ3v) is 2.51. The smallest absolute Gasteiger partial charge is 0.791 e.